The molecule has 2 aliphatic rings. The zero-order valence-electron chi connectivity index (χ0n) is 15.8. The number of benzene rings is 2. The maximum atomic E-state index is 13.1. The van der Waals surface area contributed by atoms with Crippen LogP contribution < -0.4 is 4.90 Å². The first kappa shape index (κ1) is 19.4. The molecule has 9 nitrogen and oxygen atoms in total. The molecule has 0 bridgehead atoms. The monoisotopic (exact) mass is 407 g/mol. The van der Waals surface area contributed by atoms with E-state index in [1.807, 2.05) is 0 Å². The van der Waals surface area contributed by atoms with Gasteiger partial charge in [-0.25, -0.2) is 0 Å². The zero-order valence-corrected chi connectivity index (χ0v) is 15.8. The second kappa shape index (κ2) is 7.51. The highest BCUT2D eigenvalue weighted by Crippen LogP contribution is 2.45. The summed E-state index contributed by atoms with van der Waals surface area (Å²) in [6.45, 7) is 0. The number of carbonyl (C=O) groups excluding carboxylic acids is 2. The lowest BCUT2D eigenvalue weighted by Crippen LogP contribution is -2.40. The van der Waals surface area contributed by atoms with Crippen LogP contribution in [-0.2, 0) is 9.59 Å². The van der Waals surface area contributed by atoms with Crippen LogP contribution in [0, 0.1) is 20.2 Å². The summed E-state index contributed by atoms with van der Waals surface area (Å²) in [5.74, 6) is -0.975. The summed E-state index contributed by atoms with van der Waals surface area (Å²) in [7, 11) is 0. The lowest BCUT2D eigenvalue weighted by Gasteiger charge is -2.38. The molecule has 1 atom stereocenters. The Kier molecular flexibility index (Phi) is 4.86. The van der Waals surface area contributed by atoms with Crippen LogP contribution in [0.15, 0.2) is 59.8 Å². The predicted octanol–water partition coefficient (Wildman–Crippen LogP) is 4.03. The summed E-state index contributed by atoms with van der Waals surface area (Å²) in [5, 5.41) is 22.4. The number of nitrogens with zero attached hydrogens (tertiary/aromatic N) is 3. The number of nitro benzene ring substituents is 2. The van der Waals surface area contributed by atoms with Gasteiger partial charge in [0.15, 0.2) is 5.78 Å². The largest absolute Gasteiger partial charge is 0.294 e. The maximum absolute atomic E-state index is 13.1. The van der Waals surface area contributed by atoms with E-state index in [0.717, 1.165) is 0 Å². The molecule has 2 aromatic rings. The molecular weight excluding hydrogens is 390 g/mol. The highest BCUT2D eigenvalue weighted by molar-refractivity contribution is 6.08. The minimum absolute atomic E-state index is 0.0472. The van der Waals surface area contributed by atoms with Gasteiger partial charge in [0.2, 0.25) is 5.91 Å². The Morgan fingerprint density at radius 1 is 0.900 bits per heavy atom. The van der Waals surface area contributed by atoms with Gasteiger partial charge >= 0.3 is 0 Å². The molecule has 152 valence electrons. The quantitative estimate of drug-likeness (QED) is 0.557. The highest BCUT2D eigenvalue weighted by Gasteiger charge is 2.41. The van der Waals surface area contributed by atoms with E-state index in [0.29, 0.717) is 36.1 Å². The van der Waals surface area contributed by atoms with Crippen LogP contribution in [-0.4, -0.2) is 21.5 Å². The molecule has 4 rings (SSSR count). The number of Topliss-reactive ketones (excluding diaryl/α,β-unsaturated/α-hetero) is 1. The predicted molar refractivity (Wildman–Crippen MR) is 107 cm³/mol. The molecule has 0 saturated carbocycles. The fourth-order valence-electron chi connectivity index (χ4n) is 4.19. The molecule has 1 unspecified atom stereocenters. The number of para-hydroxylation sites is 2. The molecule has 0 radical (unpaired) electrons. The molecule has 1 heterocycles. The topological polar surface area (TPSA) is 124 Å². The van der Waals surface area contributed by atoms with E-state index in [-0.39, 0.29) is 35.2 Å². The summed E-state index contributed by atoms with van der Waals surface area (Å²) in [6.07, 6.45) is 1.28. The molecule has 0 N–H and O–H groups in total. The fraction of sp³-hybridized carbons (Fsp3) is 0.238. The highest BCUT2D eigenvalue weighted by atomic mass is 16.6. The molecule has 0 aromatic heterocycles. The molecule has 0 fully saturated rings. The number of carbonyl (C=O) groups is 2. The lowest BCUT2D eigenvalue weighted by molar-refractivity contribution is -0.384. The van der Waals surface area contributed by atoms with E-state index >= 15 is 0 Å². The van der Waals surface area contributed by atoms with Crippen LogP contribution in [0.25, 0.3) is 0 Å². The van der Waals surface area contributed by atoms with Gasteiger partial charge in [0.1, 0.15) is 5.69 Å². The second-order valence-corrected chi connectivity index (χ2v) is 7.22. The number of rotatable bonds is 4. The third-order valence-corrected chi connectivity index (χ3v) is 5.50. The molecule has 1 aliphatic heterocycles. The van der Waals surface area contributed by atoms with Crippen molar-refractivity contribution in [1.29, 1.82) is 0 Å². The molecule has 0 saturated heterocycles. The molecule has 30 heavy (non-hydrogen) atoms. The number of ketones is 1. The van der Waals surface area contributed by atoms with Crippen molar-refractivity contribution in [2.45, 2.75) is 31.6 Å². The summed E-state index contributed by atoms with van der Waals surface area (Å²) >= 11 is 0. The second-order valence-electron chi connectivity index (χ2n) is 7.22. The van der Waals surface area contributed by atoms with E-state index in [9.17, 15) is 29.8 Å². The van der Waals surface area contributed by atoms with Crippen LogP contribution in [0.1, 0.15) is 37.2 Å². The number of hydrogen-bond acceptors (Lipinski definition) is 6. The van der Waals surface area contributed by atoms with E-state index < -0.39 is 15.8 Å². The van der Waals surface area contributed by atoms with Crippen LogP contribution in [0.3, 0.4) is 0 Å². The van der Waals surface area contributed by atoms with Gasteiger partial charge in [0.25, 0.3) is 11.4 Å². The van der Waals surface area contributed by atoms with E-state index in [1.54, 1.807) is 18.2 Å². The van der Waals surface area contributed by atoms with Gasteiger partial charge in [0.05, 0.1) is 9.85 Å². The number of non-ortho nitro benzene ring substituents is 1. The molecule has 9 heteroatoms. The number of amides is 1. The van der Waals surface area contributed by atoms with Crippen LogP contribution >= 0.6 is 0 Å². The van der Waals surface area contributed by atoms with Crippen molar-refractivity contribution in [3.63, 3.8) is 0 Å². The Labute approximate surface area is 170 Å². The Balaban J connectivity index is 1.85. The molecule has 1 amide bonds. The number of allylic oxidation sites excluding steroid dienone is 2. The normalized spacial score (nSPS) is 18.9. The Morgan fingerprint density at radius 3 is 2.27 bits per heavy atom. The minimum atomic E-state index is -0.546. The summed E-state index contributed by atoms with van der Waals surface area (Å²) in [4.78, 5) is 48.7. The summed E-state index contributed by atoms with van der Waals surface area (Å²) in [5.41, 5.74) is 1.46. The lowest BCUT2D eigenvalue weighted by atomic mass is 9.77. The molecule has 1 aliphatic carbocycles. The van der Waals surface area contributed by atoms with Crippen LogP contribution in [0.4, 0.5) is 17.1 Å². The average molecular weight is 407 g/mol. The third-order valence-electron chi connectivity index (χ3n) is 5.50. The van der Waals surface area contributed by atoms with Crippen molar-refractivity contribution >= 4 is 28.8 Å². The van der Waals surface area contributed by atoms with Crippen molar-refractivity contribution in [3.8, 4) is 0 Å². The van der Waals surface area contributed by atoms with Crippen molar-refractivity contribution in [2.75, 3.05) is 4.90 Å². The van der Waals surface area contributed by atoms with Crippen molar-refractivity contribution < 1.29 is 19.4 Å². The van der Waals surface area contributed by atoms with Gasteiger partial charge in [-0.15, -0.1) is 0 Å². The van der Waals surface area contributed by atoms with Crippen molar-refractivity contribution in [2.24, 2.45) is 0 Å². The van der Waals surface area contributed by atoms with E-state index in [4.69, 9.17) is 0 Å². The third kappa shape index (κ3) is 3.24. The van der Waals surface area contributed by atoms with E-state index in [1.165, 1.54) is 35.2 Å². The summed E-state index contributed by atoms with van der Waals surface area (Å²) < 4.78 is 0. The maximum Gasteiger partial charge on any atom is 0.293 e. The number of anilines is 1. The molecule has 2 aromatic carbocycles. The first-order valence-electron chi connectivity index (χ1n) is 9.45. The van der Waals surface area contributed by atoms with Crippen LogP contribution in [0.5, 0.6) is 0 Å². The van der Waals surface area contributed by atoms with Crippen molar-refractivity contribution in [1.82, 2.24) is 0 Å². The number of nitro groups is 2. The smallest absolute Gasteiger partial charge is 0.293 e. The van der Waals surface area contributed by atoms with Gasteiger partial charge < -0.3 is 0 Å². The SMILES string of the molecule is O=C1CCCC2=C1C(c1ccc([N+](=O)[O-])cc1)CC(=O)N2c1ccccc1[N+](=O)[O-]. The fourth-order valence-corrected chi connectivity index (χ4v) is 4.19. The van der Waals surface area contributed by atoms with Gasteiger partial charge in [-0.2, -0.15) is 0 Å². The van der Waals surface area contributed by atoms with Gasteiger partial charge in [-0.3, -0.25) is 34.7 Å². The zero-order chi connectivity index (χ0) is 21.4. The van der Waals surface area contributed by atoms with E-state index in [2.05, 4.69) is 0 Å². The van der Waals surface area contributed by atoms with Gasteiger partial charge in [0, 0.05) is 48.2 Å². The Morgan fingerprint density at radius 2 is 1.60 bits per heavy atom. The Hall–Kier alpha value is -3.88. The molecular formula is C21H17N3O6. The Bertz CT molecular complexity index is 1110. The summed E-state index contributed by atoms with van der Waals surface area (Å²) in [6, 6.07) is 11.8. The van der Waals surface area contributed by atoms with Crippen LogP contribution in [0.2, 0.25) is 0 Å². The molecule has 0 spiro atoms. The number of hydrogen-bond donors (Lipinski definition) is 0. The first-order valence-corrected chi connectivity index (χ1v) is 9.45. The minimum Gasteiger partial charge on any atom is -0.294 e. The average Bonchev–Trinajstić information content (AvgIpc) is 2.73. The first-order chi connectivity index (χ1) is 14.4. The van der Waals surface area contributed by atoms with Gasteiger partial charge in [-0.05, 0) is 24.5 Å². The van der Waals surface area contributed by atoms with Crippen molar-refractivity contribution in [3.05, 3.63) is 85.6 Å². The van der Waals surface area contributed by atoms with Gasteiger partial charge in [-0.1, -0.05) is 24.3 Å². The standard InChI is InChI=1S/C21H17N3O6/c25-19-7-3-6-18-21(19)15(13-8-10-14(11-9-13)23(27)28)12-20(26)22(18)16-4-1-2-5-17(16)24(29)30/h1-2,4-5,8-11,15H,3,6-7,12H2.